The number of carboxylic acid groups (broad SMARTS) is 1. The molecule has 0 aromatic heterocycles. The molecule has 7 heteroatoms. The molecule has 0 bridgehead atoms. The highest BCUT2D eigenvalue weighted by molar-refractivity contribution is 5.90. The molecule has 4 atom stereocenters. The van der Waals surface area contributed by atoms with E-state index in [4.69, 9.17) is 0 Å². The summed E-state index contributed by atoms with van der Waals surface area (Å²) >= 11 is 0. The molecule has 194 valence electrons. The number of hydrogen-bond donors (Lipinski definition) is 2. The van der Waals surface area contributed by atoms with Gasteiger partial charge in [0.2, 0.25) is 11.8 Å². The number of carboxylic acids is 1. The SMILES string of the molecule is CCC(C)N1CCCC[C@@H]1C(=O)N[C@H](C(=O)N(C)C(C=C(C)C(=O)O)C(C)C)C1CCCCC1. The van der Waals surface area contributed by atoms with Crippen molar-refractivity contribution >= 4 is 17.8 Å². The summed E-state index contributed by atoms with van der Waals surface area (Å²) in [6.45, 7) is 10.8. The van der Waals surface area contributed by atoms with Gasteiger partial charge in [-0.25, -0.2) is 4.79 Å². The van der Waals surface area contributed by atoms with Crippen LogP contribution in [0, 0.1) is 11.8 Å². The number of nitrogens with zero attached hydrogens (tertiary/aromatic N) is 2. The first-order valence-electron chi connectivity index (χ1n) is 13.3. The Morgan fingerprint density at radius 2 is 1.68 bits per heavy atom. The van der Waals surface area contributed by atoms with Crippen LogP contribution in [0.15, 0.2) is 11.6 Å². The minimum Gasteiger partial charge on any atom is -0.478 e. The van der Waals surface area contributed by atoms with Crippen LogP contribution in [-0.2, 0) is 14.4 Å². The molecule has 2 N–H and O–H groups in total. The maximum atomic E-state index is 13.9. The Bertz CT molecular complexity index is 729. The van der Waals surface area contributed by atoms with Crippen LogP contribution in [0.2, 0.25) is 0 Å². The maximum absolute atomic E-state index is 13.9. The van der Waals surface area contributed by atoms with Crippen molar-refractivity contribution in [2.45, 2.75) is 117 Å². The van der Waals surface area contributed by atoms with Crippen LogP contribution in [0.25, 0.3) is 0 Å². The highest BCUT2D eigenvalue weighted by Gasteiger charge is 2.38. The lowest BCUT2D eigenvalue weighted by Crippen LogP contribution is -2.59. The summed E-state index contributed by atoms with van der Waals surface area (Å²) in [4.78, 5) is 42.8. The van der Waals surface area contributed by atoms with Crippen LogP contribution in [0.1, 0.15) is 92.4 Å². The third-order valence-electron chi connectivity index (χ3n) is 7.92. The average molecular weight is 478 g/mol. The molecule has 0 spiro atoms. The Hall–Kier alpha value is -1.89. The minimum atomic E-state index is -0.980. The van der Waals surface area contributed by atoms with Gasteiger partial charge in [0.15, 0.2) is 0 Å². The van der Waals surface area contributed by atoms with Crippen LogP contribution in [-0.4, -0.2) is 70.4 Å². The van der Waals surface area contributed by atoms with Gasteiger partial charge in [0.05, 0.1) is 12.1 Å². The number of amides is 2. The van der Waals surface area contributed by atoms with Gasteiger partial charge in [0, 0.05) is 18.7 Å². The van der Waals surface area contributed by atoms with E-state index in [9.17, 15) is 19.5 Å². The number of carbonyl (C=O) groups excluding carboxylic acids is 2. The molecular weight excluding hydrogens is 430 g/mol. The highest BCUT2D eigenvalue weighted by atomic mass is 16.4. The topological polar surface area (TPSA) is 90.0 Å². The Labute approximate surface area is 206 Å². The molecule has 0 aromatic carbocycles. The molecule has 7 nitrogen and oxygen atoms in total. The van der Waals surface area contributed by atoms with E-state index in [-0.39, 0.29) is 41.3 Å². The van der Waals surface area contributed by atoms with Crippen molar-refractivity contribution < 1.29 is 19.5 Å². The summed E-state index contributed by atoms with van der Waals surface area (Å²) in [6.07, 6.45) is 10.8. The summed E-state index contributed by atoms with van der Waals surface area (Å²) in [5, 5.41) is 12.6. The molecule has 1 aliphatic heterocycles. The molecule has 1 heterocycles. The summed E-state index contributed by atoms with van der Waals surface area (Å²) in [5.41, 5.74) is 0.225. The first-order chi connectivity index (χ1) is 16.1. The molecule has 2 fully saturated rings. The Kier molecular flexibility index (Phi) is 11.1. The molecule has 2 rings (SSSR count). The molecule has 1 saturated carbocycles. The third kappa shape index (κ3) is 7.30. The fourth-order valence-electron chi connectivity index (χ4n) is 5.54. The normalized spacial score (nSPS) is 23.3. The Balaban J connectivity index is 2.29. The second-order valence-corrected chi connectivity index (χ2v) is 10.7. The summed E-state index contributed by atoms with van der Waals surface area (Å²) in [6, 6.07) is -0.781. The molecule has 34 heavy (non-hydrogen) atoms. The van der Waals surface area contributed by atoms with Crippen molar-refractivity contribution in [3.05, 3.63) is 11.6 Å². The summed E-state index contributed by atoms with van der Waals surface area (Å²) < 4.78 is 0. The Morgan fingerprint density at radius 3 is 2.24 bits per heavy atom. The van der Waals surface area contributed by atoms with Crippen molar-refractivity contribution in [2.24, 2.45) is 11.8 Å². The van der Waals surface area contributed by atoms with Gasteiger partial charge in [-0.05, 0) is 64.3 Å². The number of carbonyl (C=O) groups is 3. The third-order valence-corrected chi connectivity index (χ3v) is 7.92. The second kappa shape index (κ2) is 13.3. The number of nitrogens with one attached hydrogen (secondary N) is 1. The van der Waals surface area contributed by atoms with Crippen molar-refractivity contribution in [3.8, 4) is 0 Å². The number of piperidine rings is 1. The standard InChI is InChI=1S/C27H47N3O4/c1-7-20(5)30-16-12-11-15-22(30)25(31)28-24(21-13-9-8-10-14-21)26(32)29(6)23(18(2)3)17-19(4)27(33)34/h17-18,20-24H,7-16H2,1-6H3,(H,28,31)(H,33,34)/t20?,22-,23?,24+/m1/s1. The monoisotopic (exact) mass is 477 g/mol. The molecule has 2 unspecified atom stereocenters. The lowest BCUT2D eigenvalue weighted by molar-refractivity contribution is -0.141. The lowest BCUT2D eigenvalue weighted by atomic mass is 9.82. The first kappa shape index (κ1) is 28.3. The maximum Gasteiger partial charge on any atom is 0.331 e. The number of aliphatic carboxylic acids is 1. The van der Waals surface area contributed by atoms with Gasteiger partial charge in [-0.15, -0.1) is 0 Å². The smallest absolute Gasteiger partial charge is 0.331 e. The van der Waals surface area contributed by atoms with Gasteiger partial charge < -0.3 is 15.3 Å². The van der Waals surface area contributed by atoms with E-state index in [1.54, 1.807) is 24.9 Å². The van der Waals surface area contributed by atoms with E-state index in [0.717, 1.165) is 57.9 Å². The number of likely N-dealkylation sites (N-methyl/N-ethyl adjacent to an activating group) is 1. The summed E-state index contributed by atoms with van der Waals surface area (Å²) in [7, 11) is 1.74. The Morgan fingerprint density at radius 1 is 1.06 bits per heavy atom. The molecule has 2 amide bonds. The van der Waals surface area contributed by atoms with Gasteiger partial charge in [-0.3, -0.25) is 14.5 Å². The van der Waals surface area contributed by atoms with Gasteiger partial charge in [-0.2, -0.15) is 0 Å². The van der Waals surface area contributed by atoms with E-state index in [1.807, 2.05) is 13.8 Å². The van der Waals surface area contributed by atoms with Gasteiger partial charge in [0.1, 0.15) is 6.04 Å². The van der Waals surface area contributed by atoms with Gasteiger partial charge >= 0.3 is 5.97 Å². The zero-order valence-electron chi connectivity index (χ0n) is 22.2. The van der Waals surface area contributed by atoms with Crippen molar-refractivity contribution in [2.75, 3.05) is 13.6 Å². The van der Waals surface area contributed by atoms with E-state index in [1.165, 1.54) is 6.42 Å². The van der Waals surface area contributed by atoms with Crippen molar-refractivity contribution in [1.82, 2.24) is 15.1 Å². The van der Waals surface area contributed by atoms with Crippen LogP contribution < -0.4 is 5.32 Å². The molecule has 1 saturated heterocycles. The molecular formula is C27H47N3O4. The molecule has 1 aliphatic carbocycles. The zero-order chi connectivity index (χ0) is 25.4. The quantitative estimate of drug-likeness (QED) is 0.460. The predicted octanol–water partition coefficient (Wildman–Crippen LogP) is 4.22. The van der Waals surface area contributed by atoms with Crippen LogP contribution >= 0.6 is 0 Å². The fraction of sp³-hybridized carbons (Fsp3) is 0.815. The first-order valence-corrected chi connectivity index (χ1v) is 13.3. The van der Waals surface area contributed by atoms with Crippen LogP contribution in [0.4, 0.5) is 0 Å². The number of hydrogen-bond acceptors (Lipinski definition) is 4. The van der Waals surface area contributed by atoms with Gasteiger partial charge in [-0.1, -0.05) is 52.5 Å². The van der Waals surface area contributed by atoms with Crippen LogP contribution in [0.3, 0.4) is 0 Å². The average Bonchev–Trinajstić information content (AvgIpc) is 2.84. The van der Waals surface area contributed by atoms with E-state index < -0.39 is 12.0 Å². The number of rotatable bonds is 10. The van der Waals surface area contributed by atoms with E-state index in [0.29, 0.717) is 6.04 Å². The van der Waals surface area contributed by atoms with E-state index in [2.05, 4.69) is 24.1 Å². The summed E-state index contributed by atoms with van der Waals surface area (Å²) in [5.74, 6) is -0.961. The van der Waals surface area contributed by atoms with Crippen molar-refractivity contribution in [3.63, 3.8) is 0 Å². The fourth-order valence-corrected chi connectivity index (χ4v) is 5.54. The van der Waals surface area contributed by atoms with Gasteiger partial charge in [0.25, 0.3) is 0 Å². The highest BCUT2D eigenvalue weighted by Crippen LogP contribution is 2.29. The zero-order valence-corrected chi connectivity index (χ0v) is 22.2. The largest absolute Gasteiger partial charge is 0.478 e. The number of likely N-dealkylation sites (tertiary alicyclic amines) is 1. The lowest BCUT2D eigenvalue weighted by Gasteiger charge is -2.41. The minimum absolute atomic E-state index is 0.0318. The molecule has 0 aromatic rings. The second-order valence-electron chi connectivity index (χ2n) is 10.7. The predicted molar refractivity (Wildman–Crippen MR) is 135 cm³/mol. The van der Waals surface area contributed by atoms with E-state index >= 15 is 0 Å². The van der Waals surface area contributed by atoms with Crippen molar-refractivity contribution in [1.29, 1.82) is 0 Å². The molecule has 0 radical (unpaired) electrons. The van der Waals surface area contributed by atoms with Crippen LogP contribution in [0.5, 0.6) is 0 Å². The molecule has 2 aliphatic rings.